The zero-order valence-electron chi connectivity index (χ0n) is 10.6. The van der Waals surface area contributed by atoms with Crippen LogP contribution in [0.2, 0.25) is 5.02 Å². The van der Waals surface area contributed by atoms with Crippen LogP contribution in [-0.2, 0) is 0 Å². The number of benzene rings is 1. The van der Waals surface area contributed by atoms with Gasteiger partial charge in [-0.1, -0.05) is 44.0 Å². The standard InChI is InChI=1S/C14H22ClN/c1-5-10(2)11(3)16-12(4)13-7-6-8-14(15)9-13/h6-12,16H,5H2,1-4H3/t10?,11?,12-/m1/s1. The Morgan fingerprint density at radius 2 is 1.94 bits per heavy atom. The van der Waals surface area contributed by atoms with Gasteiger partial charge in [0.15, 0.2) is 0 Å². The molecule has 1 aromatic carbocycles. The fourth-order valence-corrected chi connectivity index (χ4v) is 1.98. The predicted molar refractivity (Wildman–Crippen MR) is 71.9 cm³/mol. The minimum atomic E-state index is 0.350. The van der Waals surface area contributed by atoms with Gasteiger partial charge in [-0.15, -0.1) is 0 Å². The van der Waals surface area contributed by atoms with E-state index in [0.29, 0.717) is 18.0 Å². The molecule has 0 aliphatic heterocycles. The highest BCUT2D eigenvalue weighted by Gasteiger charge is 2.13. The molecular weight excluding hydrogens is 218 g/mol. The van der Waals surface area contributed by atoms with Gasteiger partial charge in [-0.25, -0.2) is 0 Å². The van der Waals surface area contributed by atoms with Gasteiger partial charge in [-0.05, 0) is 37.5 Å². The van der Waals surface area contributed by atoms with Gasteiger partial charge in [-0.3, -0.25) is 0 Å². The molecule has 0 saturated carbocycles. The molecule has 0 radical (unpaired) electrons. The molecule has 90 valence electrons. The fraction of sp³-hybridized carbons (Fsp3) is 0.571. The van der Waals surface area contributed by atoms with Crippen LogP contribution >= 0.6 is 11.6 Å². The summed E-state index contributed by atoms with van der Waals surface area (Å²) in [7, 11) is 0. The van der Waals surface area contributed by atoms with Crippen LogP contribution in [0.3, 0.4) is 0 Å². The quantitative estimate of drug-likeness (QED) is 0.802. The van der Waals surface area contributed by atoms with Crippen molar-refractivity contribution >= 4 is 11.6 Å². The summed E-state index contributed by atoms with van der Waals surface area (Å²) in [5, 5.41) is 4.42. The number of halogens is 1. The van der Waals surface area contributed by atoms with E-state index in [9.17, 15) is 0 Å². The van der Waals surface area contributed by atoms with Crippen molar-refractivity contribution in [2.75, 3.05) is 0 Å². The lowest BCUT2D eigenvalue weighted by Crippen LogP contribution is -2.33. The van der Waals surface area contributed by atoms with Crippen molar-refractivity contribution in [2.45, 2.75) is 46.2 Å². The van der Waals surface area contributed by atoms with E-state index in [1.807, 2.05) is 18.2 Å². The highest BCUT2D eigenvalue weighted by Crippen LogP contribution is 2.19. The topological polar surface area (TPSA) is 12.0 Å². The van der Waals surface area contributed by atoms with Crippen molar-refractivity contribution in [2.24, 2.45) is 5.92 Å². The molecule has 1 nitrogen and oxygen atoms in total. The van der Waals surface area contributed by atoms with Crippen LogP contribution in [0.1, 0.15) is 45.7 Å². The van der Waals surface area contributed by atoms with Crippen LogP contribution in [0.5, 0.6) is 0 Å². The maximum absolute atomic E-state index is 5.99. The van der Waals surface area contributed by atoms with Crippen LogP contribution in [0, 0.1) is 5.92 Å². The zero-order chi connectivity index (χ0) is 12.1. The molecule has 3 atom stereocenters. The number of rotatable bonds is 5. The van der Waals surface area contributed by atoms with Crippen LogP contribution < -0.4 is 5.32 Å². The lowest BCUT2D eigenvalue weighted by atomic mass is 9.99. The van der Waals surface area contributed by atoms with Crippen molar-refractivity contribution in [1.29, 1.82) is 0 Å². The normalized spacial score (nSPS) is 16.8. The molecule has 2 heteroatoms. The molecule has 0 heterocycles. The van der Waals surface area contributed by atoms with Crippen LogP contribution in [0.4, 0.5) is 0 Å². The summed E-state index contributed by atoms with van der Waals surface area (Å²) >= 11 is 5.99. The van der Waals surface area contributed by atoms with Gasteiger partial charge in [0.2, 0.25) is 0 Å². The molecular formula is C14H22ClN. The van der Waals surface area contributed by atoms with Crippen molar-refractivity contribution in [3.05, 3.63) is 34.9 Å². The third kappa shape index (κ3) is 3.80. The Labute approximate surface area is 104 Å². The second kappa shape index (κ2) is 6.27. The summed E-state index contributed by atoms with van der Waals surface area (Å²) in [5.41, 5.74) is 1.25. The maximum Gasteiger partial charge on any atom is 0.0409 e. The van der Waals surface area contributed by atoms with E-state index in [2.05, 4.69) is 39.1 Å². The summed E-state index contributed by atoms with van der Waals surface area (Å²) in [6.07, 6.45) is 1.20. The molecule has 0 aliphatic rings. The van der Waals surface area contributed by atoms with E-state index in [-0.39, 0.29) is 0 Å². The molecule has 1 N–H and O–H groups in total. The fourth-order valence-electron chi connectivity index (χ4n) is 1.78. The van der Waals surface area contributed by atoms with Crippen LogP contribution in [-0.4, -0.2) is 6.04 Å². The summed E-state index contributed by atoms with van der Waals surface area (Å²) in [6, 6.07) is 8.94. The highest BCUT2D eigenvalue weighted by atomic mass is 35.5. The number of nitrogens with one attached hydrogen (secondary N) is 1. The van der Waals surface area contributed by atoms with Crippen molar-refractivity contribution in [1.82, 2.24) is 5.32 Å². The lowest BCUT2D eigenvalue weighted by Gasteiger charge is -2.24. The van der Waals surface area contributed by atoms with E-state index in [0.717, 1.165) is 5.02 Å². The van der Waals surface area contributed by atoms with Gasteiger partial charge in [-0.2, -0.15) is 0 Å². The van der Waals surface area contributed by atoms with E-state index in [1.165, 1.54) is 12.0 Å². The molecule has 0 saturated heterocycles. The number of hydrogen-bond donors (Lipinski definition) is 1. The summed E-state index contributed by atoms with van der Waals surface area (Å²) in [5.74, 6) is 0.696. The maximum atomic E-state index is 5.99. The molecule has 0 bridgehead atoms. The average molecular weight is 240 g/mol. The first kappa shape index (κ1) is 13.5. The third-order valence-corrected chi connectivity index (χ3v) is 3.59. The second-order valence-corrected chi connectivity index (χ2v) is 5.05. The van der Waals surface area contributed by atoms with E-state index in [1.54, 1.807) is 0 Å². The third-order valence-electron chi connectivity index (χ3n) is 3.36. The first-order chi connectivity index (χ1) is 7.54. The molecule has 0 fully saturated rings. The molecule has 2 unspecified atom stereocenters. The van der Waals surface area contributed by atoms with E-state index < -0.39 is 0 Å². The summed E-state index contributed by atoms with van der Waals surface area (Å²) in [4.78, 5) is 0. The molecule has 16 heavy (non-hydrogen) atoms. The molecule has 0 aromatic heterocycles. The lowest BCUT2D eigenvalue weighted by molar-refractivity contribution is 0.360. The Balaban J connectivity index is 2.61. The Hall–Kier alpha value is -0.530. The SMILES string of the molecule is CCC(C)C(C)N[C@H](C)c1cccc(Cl)c1. The van der Waals surface area contributed by atoms with Crippen LogP contribution in [0.15, 0.2) is 24.3 Å². The Bertz CT molecular complexity index is 324. The minimum absolute atomic E-state index is 0.350. The number of hydrogen-bond acceptors (Lipinski definition) is 1. The van der Waals surface area contributed by atoms with E-state index in [4.69, 9.17) is 11.6 Å². The van der Waals surface area contributed by atoms with Crippen molar-refractivity contribution in [3.63, 3.8) is 0 Å². The zero-order valence-corrected chi connectivity index (χ0v) is 11.4. The largest absolute Gasteiger partial charge is 0.307 e. The van der Waals surface area contributed by atoms with E-state index >= 15 is 0 Å². The van der Waals surface area contributed by atoms with Gasteiger partial charge in [0.1, 0.15) is 0 Å². The van der Waals surface area contributed by atoms with Crippen molar-refractivity contribution < 1.29 is 0 Å². The van der Waals surface area contributed by atoms with Crippen molar-refractivity contribution in [3.8, 4) is 0 Å². The Kier molecular flexibility index (Phi) is 5.30. The Morgan fingerprint density at radius 3 is 2.50 bits per heavy atom. The Morgan fingerprint density at radius 1 is 1.25 bits per heavy atom. The molecule has 1 aromatic rings. The van der Waals surface area contributed by atoms with Gasteiger partial charge in [0.25, 0.3) is 0 Å². The van der Waals surface area contributed by atoms with Gasteiger partial charge in [0.05, 0.1) is 0 Å². The molecule has 0 aliphatic carbocycles. The second-order valence-electron chi connectivity index (χ2n) is 4.62. The molecule has 1 rings (SSSR count). The minimum Gasteiger partial charge on any atom is -0.307 e. The van der Waals surface area contributed by atoms with Gasteiger partial charge in [0, 0.05) is 17.1 Å². The average Bonchev–Trinajstić information content (AvgIpc) is 2.27. The smallest absolute Gasteiger partial charge is 0.0409 e. The van der Waals surface area contributed by atoms with Crippen LogP contribution in [0.25, 0.3) is 0 Å². The monoisotopic (exact) mass is 239 g/mol. The first-order valence-corrected chi connectivity index (χ1v) is 6.44. The van der Waals surface area contributed by atoms with Gasteiger partial charge >= 0.3 is 0 Å². The van der Waals surface area contributed by atoms with Gasteiger partial charge < -0.3 is 5.32 Å². The predicted octanol–water partition coefficient (Wildman–Crippen LogP) is 4.43. The first-order valence-electron chi connectivity index (χ1n) is 6.06. The molecule has 0 amide bonds. The summed E-state index contributed by atoms with van der Waals surface area (Å²) < 4.78 is 0. The molecule has 0 spiro atoms. The highest BCUT2D eigenvalue weighted by molar-refractivity contribution is 6.30. The summed E-state index contributed by atoms with van der Waals surface area (Å²) in [6.45, 7) is 8.94.